The zero-order chi connectivity index (χ0) is 20.1. The monoisotopic (exact) mass is 382 g/mol. The third-order valence-electron chi connectivity index (χ3n) is 3.87. The molecule has 2 amide bonds. The Kier molecular flexibility index (Phi) is 5.64. The van der Waals surface area contributed by atoms with Crippen molar-refractivity contribution in [1.29, 1.82) is 0 Å². The number of carbonyl (C=O) groups excluding carboxylic acids is 2. The molecule has 1 heterocycles. The molecule has 0 fully saturated rings. The lowest BCUT2D eigenvalue weighted by atomic mass is 10.2. The molecule has 8 nitrogen and oxygen atoms in total. The SMILES string of the molecule is Cc1ccc(NC(N)=NC2=N[C@H](CC(=O)Nc3ccc(F)cc3)C(=O)N2)cc1. The van der Waals surface area contributed by atoms with Gasteiger partial charge < -0.3 is 16.4 Å². The molecule has 0 aromatic heterocycles. The van der Waals surface area contributed by atoms with E-state index in [0.29, 0.717) is 5.69 Å². The van der Waals surface area contributed by atoms with Gasteiger partial charge in [0, 0.05) is 11.4 Å². The number of hydrogen-bond donors (Lipinski definition) is 4. The third-order valence-corrected chi connectivity index (χ3v) is 3.87. The summed E-state index contributed by atoms with van der Waals surface area (Å²) in [6.07, 6.45) is -0.173. The number of nitrogens with zero attached hydrogens (tertiary/aromatic N) is 2. The summed E-state index contributed by atoms with van der Waals surface area (Å²) in [5.41, 5.74) is 8.11. The standard InChI is InChI=1S/C19H19FN6O2/c1-11-2-6-14(7-3-11)23-18(21)26-19-24-15(17(28)25-19)10-16(27)22-13-8-4-12(20)5-9-13/h2-9,15H,10H2,1H3,(H,22,27)(H4,21,23,24,25,26,28)/t15-/m1/s1. The second-order valence-corrected chi connectivity index (χ2v) is 6.21. The fraction of sp³-hybridized carbons (Fsp3) is 0.158. The second kappa shape index (κ2) is 8.30. The fourth-order valence-electron chi connectivity index (χ4n) is 2.47. The number of nitrogens with one attached hydrogen (secondary N) is 3. The lowest BCUT2D eigenvalue weighted by Gasteiger charge is -2.06. The number of rotatable bonds is 4. The van der Waals surface area contributed by atoms with Gasteiger partial charge in [-0.1, -0.05) is 17.7 Å². The molecule has 5 N–H and O–H groups in total. The van der Waals surface area contributed by atoms with E-state index in [2.05, 4.69) is 25.9 Å². The molecule has 144 valence electrons. The minimum absolute atomic E-state index is 0.0293. The first-order chi connectivity index (χ1) is 13.4. The molecule has 9 heteroatoms. The van der Waals surface area contributed by atoms with Gasteiger partial charge in [0.15, 0.2) is 0 Å². The van der Waals surface area contributed by atoms with Crippen molar-refractivity contribution in [2.75, 3.05) is 10.6 Å². The molecule has 0 saturated heterocycles. The molecule has 1 aliphatic rings. The molecule has 0 spiro atoms. The maximum Gasteiger partial charge on any atom is 0.252 e. The molecule has 1 atom stereocenters. The molecule has 0 aliphatic carbocycles. The molecule has 2 aromatic carbocycles. The van der Waals surface area contributed by atoms with Crippen molar-refractivity contribution in [3.05, 3.63) is 59.9 Å². The van der Waals surface area contributed by atoms with Crippen LogP contribution in [0.15, 0.2) is 58.5 Å². The van der Waals surface area contributed by atoms with Crippen LogP contribution in [-0.4, -0.2) is 29.8 Å². The highest BCUT2D eigenvalue weighted by Crippen LogP contribution is 2.12. The molecular formula is C19H19FN6O2. The molecule has 3 rings (SSSR count). The predicted molar refractivity (Wildman–Crippen MR) is 105 cm³/mol. The number of aliphatic imine (C=N–C) groups is 2. The van der Waals surface area contributed by atoms with Gasteiger partial charge in [-0.3, -0.25) is 14.9 Å². The molecule has 0 radical (unpaired) electrons. The zero-order valence-electron chi connectivity index (χ0n) is 15.1. The highest BCUT2D eigenvalue weighted by molar-refractivity contribution is 6.11. The van der Waals surface area contributed by atoms with Crippen LogP contribution in [0.25, 0.3) is 0 Å². The highest BCUT2D eigenvalue weighted by Gasteiger charge is 2.28. The van der Waals surface area contributed by atoms with E-state index in [1.165, 1.54) is 24.3 Å². The quantitative estimate of drug-likeness (QED) is 0.475. The Labute approximate surface area is 160 Å². The average Bonchev–Trinajstić information content (AvgIpc) is 2.97. The van der Waals surface area contributed by atoms with Crippen LogP contribution in [0.1, 0.15) is 12.0 Å². The van der Waals surface area contributed by atoms with Gasteiger partial charge in [-0.05, 0) is 43.3 Å². The van der Waals surface area contributed by atoms with E-state index >= 15 is 0 Å². The molecule has 2 aromatic rings. The maximum atomic E-state index is 12.9. The van der Waals surface area contributed by atoms with E-state index in [0.717, 1.165) is 11.3 Å². The zero-order valence-corrected chi connectivity index (χ0v) is 15.1. The van der Waals surface area contributed by atoms with Crippen LogP contribution in [0, 0.1) is 12.7 Å². The summed E-state index contributed by atoms with van der Waals surface area (Å²) in [4.78, 5) is 32.2. The molecule has 1 aliphatic heterocycles. The van der Waals surface area contributed by atoms with Crippen LogP contribution in [-0.2, 0) is 9.59 Å². The van der Waals surface area contributed by atoms with Crippen LogP contribution in [0.3, 0.4) is 0 Å². The largest absolute Gasteiger partial charge is 0.369 e. The number of carbonyl (C=O) groups is 2. The number of aryl methyl sites for hydroxylation is 1. The Morgan fingerprint density at radius 2 is 1.75 bits per heavy atom. The lowest BCUT2D eigenvalue weighted by Crippen LogP contribution is -2.32. The Balaban J connectivity index is 1.59. The summed E-state index contributed by atoms with van der Waals surface area (Å²) < 4.78 is 12.9. The minimum Gasteiger partial charge on any atom is -0.369 e. The van der Waals surface area contributed by atoms with Crippen LogP contribution in [0.2, 0.25) is 0 Å². The molecule has 0 bridgehead atoms. The minimum atomic E-state index is -0.911. The van der Waals surface area contributed by atoms with Crippen molar-refractivity contribution in [2.45, 2.75) is 19.4 Å². The van der Waals surface area contributed by atoms with E-state index in [1.54, 1.807) is 0 Å². The Hall–Kier alpha value is -3.75. The van der Waals surface area contributed by atoms with E-state index < -0.39 is 23.7 Å². The highest BCUT2D eigenvalue weighted by atomic mass is 19.1. The molecule has 0 saturated carbocycles. The average molecular weight is 382 g/mol. The smallest absolute Gasteiger partial charge is 0.252 e. The first kappa shape index (κ1) is 19.0. The van der Waals surface area contributed by atoms with E-state index in [4.69, 9.17) is 5.73 Å². The molecule has 28 heavy (non-hydrogen) atoms. The summed E-state index contributed by atoms with van der Waals surface area (Å²) in [5, 5.41) is 7.95. The second-order valence-electron chi connectivity index (χ2n) is 6.21. The van der Waals surface area contributed by atoms with Crippen molar-refractivity contribution in [3.63, 3.8) is 0 Å². The van der Waals surface area contributed by atoms with Gasteiger partial charge in [-0.2, -0.15) is 4.99 Å². The van der Waals surface area contributed by atoms with Gasteiger partial charge in [0.05, 0.1) is 6.42 Å². The molecule has 0 unspecified atom stereocenters. The number of hydrogen-bond acceptors (Lipinski definition) is 4. The van der Waals surface area contributed by atoms with Gasteiger partial charge in [-0.15, -0.1) is 0 Å². The number of halogens is 1. The van der Waals surface area contributed by atoms with Gasteiger partial charge in [-0.25, -0.2) is 9.38 Å². The van der Waals surface area contributed by atoms with Crippen molar-refractivity contribution in [1.82, 2.24) is 5.32 Å². The number of anilines is 2. The van der Waals surface area contributed by atoms with E-state index in [1.807, 2.05) is 31.2 Å². The fourth-order valence-corrected chi connectivity index (χ4v) is 2.47. The van der Waals surface area contributed by atoms with E-state index in [-0.39, 0.29) is 18.3 Å². The van der Waals surface area contributed by atoms with Gasteiger partial charge in [0.25, 0.3) is 5.91 Å². The summed E-state index contributed by atoms with van der Waals surface area (Å²) in [6, 6.07) is 11.9. The topological polar surface area (TPSA) is 121 Å². The van der Waals surface area contributed by atoms with Gasteiger partial charge in [0.1, 0.15) is 11.9 Å². The Morgan fingerprint density at radius 1 is 1.14 bits per heavy atom. The van der Waals surface area contributed by atoms with Crippen LogP contribution >= 0.6 is 0 Å². The number of benzene rings is 2. The number of nitrogens with two attached hydrogens (primary N) is 1. The maximum absolute atomic E-state index is 12.9. The third kappa shape index (κ3) is 5.13. The number of guanidine groups is 2. The van der Waals surface area contributed by atoms with Crippen molar-refractivity contribution in [3.8, 4) is 0 Å². The number of amides is 2. The van der Waals surface area contributed by atoms with Gasteiger partial charge >= 0.3 is 0 Å². The van der Waals surface area contributed by atoms with Crippen LogP contribution < -0.4 is 21.7 Å². The summed E-state index contributed by atoms with van der Waals surface area (Å²) in [5.74, 6) is -1.19. The van der Waals surface area contributed by atoms with Crippen LogP contribution in [0.4, 0.5) is 15.8 Å². The van der Waals surface area contributed by atoms with Crippen molar-refractivity contribution in [2.24, 2.45) is 15.7 Å². The van der Waals surface area contributed by atoms with Crippen LogP contribution in [0.5, 0.6) is 0 Å². The first-order valence-corrected chi connectivity index (χ1v) is 8.51. The first-order valence-electron chi connectivity index (χ1n) is 8.51. The predicted octanol–water partition coefficient (Wildman–Crippen LogP) is 1.74. The lowest BCUT2D eigenvalue weighted by molar-refractivity contribution is -0.123. The van der Waals surface area contributed by atoms with E-state index in [9.17, 15) is 14.0 Å². The Bertz CT molecular complexity index is 938. The van der Waals surface area contributed by atoms with Crippen molar-refractivity contribution >= 4 is 35.1 Å². The van der Waals surface area contributed by atoms with Gasteiger partial charge in [0.2, 0.25) is 17.8 Å². The summed E-state index contributed by atoms with van der Waals surface area (Å²) >= 11 is 0. The summed E-state index contributed by atoms with van der Waals surface area (Å²) in [7, 11) is 0. The molecular weight excluding hydrogens is 363 g/mol. The Morgan fingerprint density at radius 3 is 2.43 bits per heavy atom. The normalized spacial score (nSPS) is 16.4. The van der Waals surface area contributed by atoms with Crippen molar-refractivity contribution < 1.29 is 14.0 Å². The summed E-state index contributed by atoms with van der Waals surface area (Å²) in [6.45, 7) is 1.97.